The second-order valence-corrected chi connectivity index (χ2v) is 4.12. The molecule has 0 aromatic rings. The quantitative estimate of drug-likeness (QED) is 0.567. The second-order valence-electron chi connectivity index (χ2n) is 2.95. The van der Waals surface area contributed by atoms with Gasteiger partial charge in [-0.2, -0.15) is 0 Å². The summed E-state index contributed by atoms with van der Waals surface area (Å²) < 4.78 is 0. The fourth-order valence-corrected chi connectivity index (χ4v) is 1.93. The van der Waals surface area contributed by atoms with Crippen molar-refractivity contribution in [3.8, 4) is 0 Å². The normalized spacial score (nSPS) is 32.8. The summed E-state index contributed by atoms with van der Waals surface area (Å²) in [6.45, 7) is 0. The summed E-state index contributed by atoms with van der Waals surface area (Å²) in [5, 5.41) is 17.5. The lowest BCUT2D eigenvalue weighted by atomic mass is 9.84. The van der Waals surface area contributed by atoms with Crippen LogP contribution in [0.25, 0.3) is 0 Å². The molecule has 0 aliphatic heterocycles. The highest BCUT2D eigenvalue weighted by Crippen LogP contribution is 2.28. The third-order valence-corrected chi connectivity index (χ3v) is 2.72. The number of hydrogen-bond acceptors (Lipinski definition) is 2. The SMILES string of the molecule is O=C(O)C1C=CC(Br)CC1C(=O)O. The molecule has 0 bridgehead atoms. The molecule has 0 saturated heterocycles. The van der Waals surface area contributed by atoms with Gasteiger partial charge in [0, 0.05) is 4.83 Å². The Labute approximate surface area is 83.4 Å². The summed E-state index contributed by atoms with van der Waals surface area (Å²) in [7, 11) is 0. The Morgan fingerprint density at radius 3 is 2.31 bits per heavy atom. The van der Waals surface area contributed by atoms with Gasteiger partial charge in [0.1, 0.15) is 0 Å². The number of hydrogen-bond donors (Lipinski definition) is 2. The summed E-state index contributed by atoms with van der Waals surface area (Å²) >= 11 is 3.23. The number of halogens is 1. The number of carboxylic acid groups (broad SMARTS) is 2. The van der Waals surface area contributed by atoms with Gasteiger partial charge in [-0.3, -0.25) is 9.59 Å². The zero-order valence-corrected chi connectivity index (χ0v) is 8.27. The van der Waals surface area contributed by atoms with E-state index in [0.717, 1.165) is 0 Å². The molecule has 0 radical (unpaired) electrons. The van der Waals surface area contributed by atoms with Crippen molar-refractivity contribution in [1.29, 1.82) is 0 Å². The molecule has 0 amide bonds. The molecule has 0 fully saturated rings. The third kappa shape index (κ3) is 2.30. The molecule has 13 heavy (non-hydrogen) atoms. The summed E-state index contributed by atoms with van der Waals surface area (Å²) in [6.07, 6.45) is 3.44. The lowest BCUT2D eigenvalue weighted by molar-refractivity contribution is -0.152. The van der Waals surface area contributed by atoms with Crippen molar-refractivity contribution in [1.82, 2.24) is 0 Å². The predicted octanol–water partition coefficient (Wildman–Crippen LogP) is 1.11. The van der Waals surface area contributed by atoms with Crippen molar-refractivity contribution in [3.05, 3.63) is 12.2 Å². The van der Waals surface area contributed by atoms with E-state index in [4.69, 9.17) is 10.2 Å². The first-order chi connectivity index (χ1) is 6.02. The average Bonchev–Trinajstić information content (AvgIpc) is 2.03. The minimum atomic E-state index is -1.08. The highest BCUT2D eigenvalue weighted by atomic mass is 79.9. The smallest absolute Gasteiger partial charge is 0.311 e. The zero-order valence-electron chi connectivity index (χ0n) is 6.68. The van der Waals surface area contributed by atoms with Gasteiger partial charge in [-0.15, -0.1) is 0 Å². The largest absolute Gasteiger partial charge is 0.481 e. The van der Waals surface area contributed by atoms with Crippen LogP contribution >= 0.6 is 15.9 Å². The van der Waals surface area contributed by atoms with Crippen molar-refractivity contribution in [2.24, 2.45) is 11.8 Å². The molecule has 5 heteroatoms. The summed E-state index contributed by atoms with van der Waals surface area (Å²) in [5.41, 5.74) is 0. The molecule has 3 unspecified atom stereocenters. The van der Waals surface area contributed by atoms with Crippen LogP contribution in [0, 0.1) is 11.8 Å². The monoisotopic (exact) mass is 248 g/mol. The molecule has 1 aliphatic carbocycles. The Hall–Kier alpha value is -0.840. The predicted molar refractivity (Wildman–Crippen MR) is 48.7 cm³/mol. The first-order valence-electron chi connectivity index (χ1n) is 3.80. The maximum atomic E-state index is 10.7. The number of rotatable bonds is 2. The van der Waals surface area contributed by atoms with Crippen LogP contribution < -0.4 is 0 Å². The number of carboxylic acids is 2. The van der Waals surface area contributed by atoms with E-state index >= 15 is 0 Å². The molecule has 3 atom stereocenters. The summed E-state index contributed by atoms with van der Waals surface area (Å²) in [4.78, 5) is 21.3. The Morgan fingerprint density at radius 1 is 1.23 bits per heavy atom. The second kappa shape index (κ2) is 3.91. The van der Waals surface area contributed by atoms with Gasteiger partial charge in [0.05, 0.1) is 11.8 Å². The van der Waals surface area contributed by atoms with Gasteiger partial charge in [-0.1, -0.05) is 28.1 Å². The third-order valence-electron chi connectivity index (χ3n) is 2.04. The van der Waals surface area contributed by atoms with Crippen LogP contribution in [-0.2, 0) is 9.59 Å². The molecule has 0 aromatic carbocycles. The van der Waals surface area contributed by atoms with E-state index in [-0.39, 0.29) is 4.83 Å². The van der Waals surface area contributed by atoms with Gasteiger partial charge in [0.15, 0.2) is 0 Å². The molecule has 0 heterocycles. The minimum Gasteiger partial charge on any atom is -0.481 e. The molecule has 72 valence electrons. The molecule has 0 aromatic heterocycles. The maximum absolute atomic E-state index is 10.7. The fraction of sp³-hybridized carbons (Fsp3) is 0.500. The summed E-state index contributed by atoms with van der Waals surface area (Å²) in [6, 6.07) is 0. The van der Waals surface area contributed by atoms with E-state index in [0.29, 0.717) is 6.42 Å². The molecule has 1 aliphatic rings. The van der Waals surface area contributed by atoms with Crippen LogP contribution in [0.3, 0.4) is 0 Å². The molecule has 0 spiro atoms. The van der Waals surface area contributed by atoms with Crippen molar-refractivity contribution >= 4 is 27.9 Å². The topological polar surface area (TPSA) is 74.6 Å². The molecule has 0 saturated carbocycles. The molecular formula is C8H9BrO4. The highest BCUT2D eigenvalue weighted by Gasteiger charge is 2.35. The Morgan fingerprint density at radius 2 is 1.85 bits per heavy atom. The lowest BCUT2D eigenvalue weighted by Gasteiger charge is -2.23. The van der Waals surface area contributed by atoms with Crippen LogP contribution in [0.4, 0.5) is 0 Å². The van der Waals surface area contributed by atoms with E-state index in [2.05, 4.69) is 15.9 Å². The van der Waals surface area contributed by atoms with Crippen molar-refractivity contribution < 1.29 is 19.8 Å². The van der Waals surface area contributed by atoms with Crippen molar-refractivity contribution in [2.45, 2.75) is 11.2 Å². The number of carbonyl (C=O) groups is 2. The van der Waals surface area contributed by atoms with Crippen LogP contribution in [0.15, 0.2) is 12.2 Å². The van der Waals surface area contributed by atoms with E-state index in [1.807, 2.05) is 0 Å². The van der Waals surface area contributed by atoms with E-state index in [9.17, 15) is 9.59 Å². The van der Waals surface area contributed by atoms with Crippen LogP contribution in [0.5, 0.6) is 0 Å². The number of allylic oxidation sites excluding steroid dienone is 1. The average molecular weight is 249 g/mol. The van der Waals surface area contributed by atoms with E-state index in [1.165, 1.54) is 6.08 Å². The van der Waals surface area contributed by atoms with Gasteiger partial charge in [0.25, 0.3) is 0 Å². The van der Waals surface area contributed by atoms with Crippen molar-refractivity contribution in [2.75, 3.05) is 0 Å². The standard InChI is InChI=1S/C8H9BrO4/c9-4-1-2-5(7(10)11)6(3-4)8(12)13/h1-2,4-6H,3H2,(H,10,11)(H,12,13). The minimum absolute atomic E-state index is 0.0378. The maximum Gasteiger partial charge on any atom is 0.311 e. The lowest BCUT2D eigenvalue weighted by Crippen LogP contribution is -2.32. The van der Waals surface area contributed by atoms with Crippen LogP contribution in [0.1, 0.15) is 6.42 Å². The molecular weight excluding hydrogens is 240 g/mol. The number of aliphatic carboxylic acids is 2. The summed E-state index contributed by atoms with van der Waals surface area (Å²) in [5.74, 6) is -3.86. The first-order valence-corrected chi connectivity index (χ1v) is 4.72. The van der Waals surface area contributed by atoms with Crippen LogP contribution in [0.2, 0.25) is 0 Å². The van der Waals surface area contributed by atoms with Crippen molar-refractivity contribution in [3.63, 3.8) is 0 Å². The van der Waals surface area contributed by atoms with Gasteiger partial charge < -0.3 is 10.2 Å². The fourth-order valence-electron chi connectivity index (χ4n) is 1.35. The van der Waals surface area contributed by atoms with Gasteiger partial charge >= 0.3 is 11.9 Å². The number of alkyl halides is 1. The Bertz CT molecular complexity index is 261. The Balaban J connectivity index is 2.85. The zero-order chi connectivity index (χ0) is 10.0. The van der Waals surface area contributed by atoms with E-state index in [1.54, 1.807) is 6.08 Å². The van der Waals surface area contributed by atoms with E-state index < -0.39 is 23.8 Å². The van der Waals surface area contributed by atoms with Gasteiger partial charge in [-0.05, 0) is 6.42 Å². The van der Waals surface area contributed by atoms with Gasteiger partial charge in [-0.25, -0.2) is 0 Å². The molecule has 4 nitrogen and oxygen atoms in total. The highest BCUT2D eigenvalue weighted by molar-refractivity contribution is 9.09. The first kappa shape index (κ1) is 10.2. The van der Waals surface area contributed by atoms with Gasteiger partial charge in [0.2, 0.25) is 0 Å². The molecule has 1 rings (SSSR count). The Kier molecular flexibility index (Phi) is 3.08. The van der Waals surface area contributed by atoms with Crippen LogP contribution in [-0.4, -0.2) is 27.0 Å². The molecule has 2 N–H and O–H groups in total.